The zero-order valence-corrected chi connectivity index (χ0v) is 29.4. The number of likely N-dealkylation sites (tertiary alicyclic amines) is 1. The van der Waals surface area contributed by atoms with Gasteiger partial charge in [-0.05, 0) is 97.5 Å². The Hall–Kier alpha value is -6.33. The number of carbonyl (C=O) groups excluding carboxylic acids is 4. The number of nitrogens with zero attached hydrogens (tertiary/aromatic N) is 6. The molecule has 0 aliphatic carbocycles. The summed E-state index contributed by atoms with van der Waals surface area (Å²) in [4.78, 5) is 71.3. The lowest BCUT2D eigenvalue weighted by Crippen LogP contribution is -2.49. The van der Waals surface area contributed by atoms with E-state index >= 15 is 0 Å². The number of anilines is 3. The molecule has 0 radical (unpaired) electrons. The number of fused-ring (bicyclic) bond motifs is 1. The number of piperidine rings is 1. The van der Waals surface area contributed by atoms with Gasteiger partial charge in [0.05, 0.1) is 11.4 Å². The van der Waals surface area contributed by atoms with Gasteiger partial charge in [-0.3, -0.25) is 14.4 Å². The van der Waals surface area contributed by atoms with Gasteiger partial charge < -0.3 is 41.2 Å². The topological polar surface area (TPSA) is 220 Å². The average molecular weight is 742 g/mol. The van der Waals surface area contributed by atoms with Crippen molar-refractivity contribution in [1.82, 2.24) is 40.3 Å². The highest BCUT2D eigenvalue weighted by atomic mass is 35.5. The number of carboxylic acid groups (broad SMARTS) is 1. The normalized spacial score (nSPS) is 13.8. The molecule has 3 aromatic carbocycles. The Morgan fingerprint density at radius 2 is 1.66 bits per heavy atom. The number of aromatic carboxylic acids is 1. The quantitative estimate of drug-likeness (QED) is 0.115. The number of H-pyrrole nitrogens is 1. The summed E-state index contributed by atoms with van der Waals surface area (Å²) in [6.45, 7) is 1.29. The van der Waals surface area contributed by atoms with Crippen molar-refractivity contribution >= 4 is 69.3 Å². The third kappa shape index (κ3) is 8.95. The second-order valence-electron chi connectivity index (χ2n) is 12.7. The number of hydrogen-bond donors (Lipinski definition) is 6. The number of rotatable bonds is 10. The molecule has 0 saturated carbocycles. The zero-order valence-electron chi connectivity index (χ0n) is 28.7. The number of nitrogens with one attached hydrogen (secondary N) is 5. The van der Waals surface area contributed by atoms with Crippen LogP contribution in [0.5, 0.6) is 0 Å². The number of carbonyl (C=O) groups is 5. The number of tetrazole rings is 1. The summed E-state index contributed by atoms with van der Waals surface area (Å²) in [5.41, 5.74) is 2.53. The van der Waals surface area contributed by atoms with Crippen molar-refractivity contribution in [1.29, 1.82) is 0 Å². The summed E-state index contributed by atoms with van der Waals surface area (Å²) in [5, 5.41) is 31.9. The molecule has 274 valence electrons. The van der Waals surface area contributed by atoms with E-state index in [4.69, 9.17) is 11.6 Å². The molecular weight excluding hydrogens is 706 g/mol. The average Bonchev–Trinajstić information content (AvgIpc) is 3.83. The van der Waals surface area contributed by atoms with E-state index in [0.717, 1.165) is 12.8 Å². The zero-order chi connectivity index (χ0) is 37.6. The summed E-state index contributed by atoms with van der Waals surface area (Å²) in [5.74, 6) is -3.97. The number of amides is 5. The van der Waals surface area contributed by atoms with Gasteiger partial charge in [-0.15, -0.1) is 5.10 Å². The third-order valence-electron chi connectivity index (χ3n) is 8.88. The molecule has 18 heteroatoms. The molecule has 1 aliphatic heterocycles. The molecule has 5 amide bonds. The maximum atomic E-state index is 13.7. The SMILES string of the molecule is CN(C)C1CCN(C(=O)Nc2ccc(C[C@H](NC(=O)C(=O)Nc3cc(Cl)ccc3-n3cnnn3)C(=O)Nc3ccc4[nH]c(C(=O)O)cc4c3)cc2)CC1. The van der Waals surface area contributed by atoms with E-state index in [1.54, 1.807) is 59.5 Å². The molecule has 2 aromatic heterocycles. The number of carboxylic acids is 1. The fourth-order valence-electron chi connectivity index (χ4n) is 5.99. The monoisotopic (exact) mass is 741 g/mol. The summed E-state index contributed by atoms with van der Waals surface area (Å²) in [6, 6.07) is 16.6. The predicted octanol–water partition coefficient (Wildman–Crippen LogP) is 3.36. The van der Waals surface area contributed by atoms with Crippen LogP contribution in [0.25, 0.3) is 16.6 Å². The molecule has 53 heavy (non-hydrogen) atoms. The van der Waals surface area contributed by atoms with E-state index < -0.39 is 29.7 Å². The molecule has 0 bridgehead atoms. The molecule has 1 fully saturated rings. The Balaban J connectivity index is 1.17. The van der Waals surface area contributed by atoms with Crippen molar-refractivity contribution in [3.63, 3.8) is 0 Å². The van der Waals surface area contributed by atoms with Gasteiger partial charge in [-0.1, -0.05) is 23.7 Å². The second-order valence-corrected chi connectivity index (χ2v) is 13.1. The van der Waals surface area contributed by atoms with Crippen molar-refractivity contribution in [3.05, 3.63) is 89.3 Å². The number of urea groups is 1. The lowest BCUT2D eigenvalue weighted by Gasteiger charge is -2.35. The van der Waals surface area contributed by atoms with Gasteiger partial charge >= 0.3 is 23.8 Å². The highest BCUT2D eigenvalue weighted by Crippen LogP contribution is 2.24. The van der Waals surface area contributed by atoms with Gasteiger partial charge in [0, 0.05) is 52.9 Å². The van der Waals surface area contributed by atoms with Gasteiger partial charge in [0.2, 0.25) is 5.91 Å². The first-order chi connectivity index (χ1) is 25.4. The number of hydrogen-bond acceptors (Lipinski definition) is 9. The van der Waals surface area contributed by atoms with Crippen LogP contribution < -0.4 is 21.3 Å². The first-order valence-electron chi connectivity index (χ1n) is 16.6. The van der Waals surface area contributed by atoms with Crippen molar-refractivity contribution in [2.45, 2.75) is 31.3 Å². The smallest absolute Gasteiger partial charge is 0.352 e. The number of aromatic nitrogens is 5. The van der Waals surface area contributed by atoms with Crippen LogP contribution in [0.1, 0.15) is 28.9 Å². The predicted molar refractivity (Wildman–Crippen MR) is 196 cm³/mol. The number of halogens is 1. The minimum Gasteiger partial charge on any atom is -0.477 e. The molecule has 0 unspecified atom stereocenters. The Bertz CT molecular complexity index is 2150. The maximum absolute atomic E-state index is 13.7. The van der Waals surface area contributed by atoms with Crippen LogP contribution in [0.4, 0.5) is 21.9 Å². The highest BCUT2D eigenvalue weighted by molar-refractivity contribution is 6.40. The Morgan fingerprint density at radius 3 is 2.34 bits per heavy atom. The third-order valence-corrected chi connectivity index (χ3v) is 9.11. The van der Waals surface area contributed by atoms with Crippen LogP contribution in [-0.4, -0.2) is 109 Å². The molecule has 6 N–H and O–H groups in total. The van der Waals surface area contributed by atoms with Gasteiger partial charge in [0.25, 0.3) is 0 Å². The Morgan fingerprint density at radius 1 is 0.925 bits per heavy atom. The van der Waals surface area contributed by atoms with Crippen LogP contribution in [0.3, 0.4) is 0 Å². The van der Waals surface area contributed by atoms with Crippen LogP contribution in [0.15, 0.2) is 73.1 Å². The van der Waals surface area contributed by atoms with Gasteiger partial charge in [-0.25, -0.2) is 9.59 Å². The van der Waals surface area contributed by atoms with Crippen molar-refractivity contribution < 1.29 is 29.1 Å². The summed E-state index contributed by atoms with van der Waals surface area (Å²) in [6.07, 6.45) is 3.04. The Labute approximate surface area is 307 Å². The standard InChI is InChI=1S/C35H36ClN11O6/c1-45(2)25-11-13-46(14-12-25)35(53)39-23-6-3-20(4-7-23)15-28(31(48)38-24-8-9-26-21(16-24)17-29(40-26)34(51)52)42-33(50)32(49)41-27-18-22(36)5-10-30(27)47-19-37-43-44-47/h3-10,16-19,25,28,40H,11-15H2,1-2H3,(H,38,48)(H,39,53)(H,41,49)(H,42,50)(H,51,52)/t28-/m0/s1. The second kappa shape index (κ2) is 15.9. The number of benzene rings is 3. The lowest BCUT2D eigenvalue weighted by atomic mass is 10.0. The van der Waals surface area contributed by atoms with E-state index in [1.807, 2.05) is 14.1 Å². The van der Waals surface area contributed by atoms with Crippen molar-refractivity contribution in [2.24, 2.45) is 0 Å². The fourth-order valence-corrected chi connectivity index (χ4v) is 6.17. The molecule has 1 atom stereocenters. The molecule has 1 aliphatic rings. The summed E-state index contributed by atoms with van der Waals surface area (Å²) < 4.78 is 1.28. The Kier molecular flexibility index (Phi) is 10.9. The van der Waals surface area contributed by atoms with E-state index in [1.165, 1.54) is 23.1 Å². The minimum atomic E-state index is -1.25. The van der Waals surface area contributed by atoms with Gasteiger partial charge in [-0.2, -0.15) is 4.68 Å². The minimum absolute atomic E-state index is 0.0175. The summed E-state index contributed by atoms with van der Waals surface area (Å²) >= 11 is 6.16. The lowest BCUT2D eigenvalue weighted by molar-refractivity contribution is -0.137. The molecule has 17 nitrogen and oxygen atoms in total. The van der Waals surface area contributed by atoms with Crippen molar-refractivity contribution in [2.75, 3.05) is 43.1 Å². The highest BCUT2D eigenvalue weighted by Gasteiger charge is 2.27. The van der Waals surface area contributed by atoms with Crippen LogP contribution >= 0.6 is 11.6 Å². The largest absolute Gasteiger partial charge is 0.477 e. The van der Waals surface area contributed by atoms with Crippen LogP contribution in [0.2, 0.25) is 5.02 Å². The molecule has 5 aromatic rings. The van der Waals surface area contributed by atoms with Crippen LogP contribution in [0, 0.1) is 0 Å². The first kappa shape index (κ1) is 36.5. The van der Waals surface area contributed by atoms with Crippen molar-refractivity contribution in [3.8, 4) is 5.69 Å². The van der Waals surface area contributed by atoms with Gasteiger partial charge in [0.1, 0.15) is 18.1 Å². The molecule has 3 heterocycles. The van der Waals surface area contributed by atoms with Crippen LogP contribution in [-0.2, 0) is 20.8 Å². The van der Waals surface area contributed by atoms with E-state index in [-0.39, 0.29) is 28.9 Å². The van der Waals surface area contributed by atoms with E-state index in [9.17, 15) is 29.1 Å². The molecule has 6 rings (SSSR count). The molecule has 0 spiro atoms. The van der Waals surface area contributed by atoms with Gasteiger partial charge in [0.15, 0.2) is 0 Å². The fraction of sp³-hybridized carbons (Fsp3) is 0.257. The molecular formula is C35H36ClN11O6. The maximum Gasteiger partial charge on any atom is 0.352 e. The first-order valence-corrected chi connectivity index (χ1v) is 16.9. The van der Waals surface area contributed by atoms with E-state index in [0.29, 0.717) is 52.7 Å². The summed E-state index contributed by atoms with van der Waals surface area (Å²) in [7, 11) is 4.07. The molecule has 1 saturated heterocycles. The van der Waals surface area contributed by atoms with E-state index in [2.05, 4.69) is 46.7 Å². The number of aromatic amines is 1.